The maximum absolute atomic E-state index is 12.3. The van der Waals surface area contributed by atoms with Crippen LogP contribution in [0.1, 0.15) is 32.8 Å². The van der Waals surface area contributed by atoms with Crippen molar-refractivity contribution >= 4 is 11.9 Å². The molecule has 1 atom stereocenters. The number of aliphatic carboxylic acids is 1. The number of hydrogen-bond donors (Lipinski definition) is 2. The maximum atomic E-state index is 12.3. The van der Waals surface area contributed by atoms with Gasteiger partial charge in [0.1, 0.15) is 0 Å². The van der Waals surface area contributed by atoms with Gasteiger partial charge in [0.05, 0.1) is 18.5 Å². The Labute approximate surface area is 141 Å². The van der Waals surface area contributed by atoms with Crippen LogP contribution in [0.4, 0.5) is 0 Å². The number of amides is 1. The Morgan fingerprint density at radius 3 is 2.46 bits per heavy atom. The lowest BCUT2D eigenvalue weighted by molar-refractivity contribution is -0.139. The molecule has 0 aliphatic carbocycles. The second-order valence-corrected chi connectivity index (χ2v) is 6.48. The predicted octanol–water partition coefficient (Wildman–Crippen LogP) is 2.42. The average Bonchev–Trinajstić information content (AvgIpc) is 3.01. The molecule has 0 saturated heterocycles. The first-order valence-electron chi connectivity index (χ1n) is 7.92. The molecular formula is C18H23N3O3. The second-order valence-electron chi connectivity index (χ2n) is 6.48. The molecule has 1 unspecified atom stereocenters. The van der Waals surface area contributed by atoms with E-state index in [2.05, 4.69) is 10.4 Å². The predicted molar refractivity (Wildman–Crippen MR) is 90.9 cm³/mol. The lowest BCUT2D eigenvalue weighted by Crippen LogP contribution is -2.51. The minimum absolute atomic E-state index is 0.0136. The van der Waals surface area contributed by atoms with Gasteiger partial charge in [0.25, 0.3) is 0 Å². The van der Waals surface area contributed by atoms with Crippen LogP contribution < -0.4 is 5.32 Å². The van der Waals surface area contributed by atoms with Crippen molar-refractivity contribution in [3.05, 3.63) is 48.3 Å². The van der Waals surface area contributed by atoms with Crippen molar-refractivity contribution in [2.45, 2.75) is 39.2 Å². The molecule has 6 nitrogen and oxygen atoms in total. The smallest absolute Gasteiger partial charge is 0.305 e. The highest BCUT2D eigenvalue weighted by molar-refractivity contribution is 5.80. The highest BCUT2D eigenvalue weighted by Crippen LogP contribution is 2.21. The van der Waals surface area contributed by atoms with Gasteiger partial charge in [0.15, 0.2) is 0 Å². The summed E-state index contributed by atoms with van der Waals surface area (Å²) < 4.78 is 1.74. The number of carbonyl (C=O) groups excluding carboxylic acids is 1. The minimum Gasteiger partial charge on any atom is -0.481 e. The number of carbonyl (C=O) groups is 2. The molecule has 128 valence electrons. The summed E-state index contributed by atoms with van der Waals surface area (Å²) in [6.07, 6.45) is 3.66. The fraction of sp³-hybridized carbons (Fsp3) is 0.389. The molecule has 0 fully saturated rings. The standard InChI is InChI=1S/C18H23N3O3/c1-13(2)18(3,12-17(23)24)20-16(22)11-14-5-7-15(8-6-14)21-10-4-9-19-21/h4-10,13H,11-12H2,1-3H3,(H,20,22)(H,23,24). The van der Waals surface area contributed by atoms with E-state index in [1.807, 2.05) is 50.4 Å². The van der Waals surface area contributed by atoms with Crippen LogP contribution in [0.3, 0.4) is 0 Å². The largest absolute Gasteiger partial charge is 0.481 e. The topological polar surface area (TPSA) is 84.2 Å². The highest BCUT2D eigenvalue weighted by Gasteiger charge is 2.32. The lowest BCUT2D eigenvalue weighted by Gasteiger charge is -2.33. The summed E-state index contributed by atoms with van der Waals surface area (Å²) in [5.41, 5.74) is 1.02. The van der Waals surface area contributed by atoms with Crippen LogP contribution in [0.2, 0.25) is 0 Å². The molecule has 1 aromatic heterocycles. The van der Waals surface area contributed by atoms with E-state index in [1.54, 1.807) is 17.8 Å². The molecule has 1 amide bonds. The van der Waals surface area contributed by atoms with Gasteiger partial charge in [-0.05, 0) is 36.6 Å². The molecule has 0 aliphatic rings. The molecule has 2 rings (SSSR count). The molecule has 6 heteroatoms. The van der Waals surface area contributed by atoms with E-state index in [1.165, 1.54) is 0 Å². The zero-order chi connectivity index (χ0) is 17.7. The summed E-state index contributed by atoms with van der Waals surface area (Å²) in [5.74, 6) is -1.09. The normalized spacial score (nSPS) is 13.5. The zero-order valence-corrected chi connectivity index (χ0v) is 14.2. The average molecular weight is 329 g/mol. The Balaban J connectivity index is 2.02. The summed E-state index contributed by atoms with van der Waals surface area (Å²) >= 11 is 0. The second kappa shape index (κ2) is 7.29. The van der Waals surface area contributed by atoms with Crippen molar-refractivity contribution in [3.63, 3.8) is 0 Å². The van der Waals surface area contributed by atoms with E-state index in [0.717, 1.165) is 11.3 Å². The van der Waals surface area contributed by atoms with Gasteiger partial charge in [-0.2, -0.15) is 5.10 Å². The number of nitrogens with one attached hydrogen (secondary N) is 1. The van der Waals surface area contributed by atoms with Crippen LogP contribution in [-0.2, 0) is 16.0 Å². The molecule has 0 bridgehead atoms. The van der Waals surface area contributed by atoms with Gasteiger partial charge in [-0.3, -0.25) is 9.59 Å². The molecule has 2 aromatic rings. The highest BCUT2D eigenvalue weighted by atomic mass is 16.4. The Morgan fingerprint density at radius 2 is 1.96 bits per heavy atom. The zero-order valence-electron chi connectivity index (χ0n) is 14.2. The number of rotatable bonds is 7. The van der Waals surface area contributed by atoms with E-state index >= 15 is 0 Å². The van der Waals surface area contributed by atoms with Crippen LogP contribution in [0.25, 0.3) is 5.69 Å². The molecule has 0 spiro atoms. The van der Waals surface area contributed by atoms with Crippen molar-refractivity contribution < 1.29 is 14.7 Å². The first kappa shape index (κ1) is 17.7. The molecule has 1 heterocycles. The van der Waals surface area contributed by atoms with Crippen LogP contribution >= 0.6 is 0 Å². The maximum Gasteiger partial charge on any atom is 0.305 e. The molecule has 0 saturated carbocycles. The van der Waals surface area contributed by atoms with Crippen molar-refractivity contribution in [1.82, 2.24) is 15.1 Å². The quantitative estimate of drug-likeness (QED) is 0.817. The Morgan fingerprint density at radius 1 is 1.29 bits per heavy atom. The third kappa shape index (κ3) is 4.44. The van der Waals surface area contributed by atoms with Gasteiger partial charge in [-0.15, -0.1) is 0 Å². The Kier molecular flexibility index (Phi) is 5.39. The Hall–Kier alpha value is -2.63. The molecule has 0 radical (unpaired) electrons. The number of carboxylic acids is 1. The van der Waals surface area contributed by atoms with E-state index in [0.29, 0.717) is 0 Å². The summed E-state index contributed by atoms with van der Waals surface area (Å²) in [7, 11) is 0. The van der Waals surface area contributed by atoms with Crippen molar-refractivity contribution in [2.75, 3.05) is 0 Å². The molecular weight excluding hydrogens is 306 g/mol. The third-order valence-corrected chi connectivity index (χ3v) is 4.29. The summed E-state index contributed by atoms with van der Waals surface area (Å²) in [5, 5.41) is 16.1. The summed E-state index contributed by atoms with van der Waals surface area (Å²) in [6, 6.07) is 9.39. The van der Waals surface area contributed by atoms with Crippen LogP contribution in [0.15, 0.2) is 42.7 Å². The molecule has 24 heavy (non-hydrogen) atoms. The fourth-order valence-electron chi connectivity index (χ4n) is 2.44. The first-order valence-corrected chi connectivity index (χ1v) is 7.92. The number of aromatic nitrogens is 2. The van der Waals surface area contributed by atoms with Gasteiger partial charge in [-0.1, -0.05) is 26.0 Å². The van der Waals surface area contributed by atoms with Crippen LogP contribution in [0.5, 0.6) is 0 Å². The summed E-state index contributed by atoms with van der Waals surface area (Å²) in [4.78, 5) is 23.4. The van der Waals surface area contributed by atoms with Gasteiger partial charge >= 0.3 is 5.97 Å². The van der Waals surface area contributed by atoms with Gasteiger partial charge in [-0.25, -0.2) is 4.68 Å². The van der Waals surface area contributed by atoms with E-state index < -0.39 is 11.5 Å². The van der Waals surface area contributed by atoms with E-state index in [-0.39, 0.29) is 24.7 Å². The molecule has 0 aliphatic heterocycles. The monoisotopic (exact) mass is 329 g/mol. The van der Waals surface area contributed by atoms with E-state index in [4.69, 9.17) is 5.11 Å². The number of hydrogen-bond acceptors (Lipinski definition) is 3. The van der Waals surface area contributed by atoms with Crippen LogP contribution in [-0.4, -0.2) is 32.3 Å². The minimum atomic E-state index is -0.921. The number of benzene rings is 1. The van der Waals surface area contributed by atoms with Crippen molar-refractivity contribution in [2.24, 2.45) is 5.92 Å². The SMILES string of the molecule is CC(C)C(C)(CC(=O)O)NC(=O)Cc1ccc(-n2cccn2)cc1. The van der Waals surface area contributed by atoms with Gasteiger partial charge in [0.2, 0.25) is 5.91 Å². The fourth-order valence-corrected chi connectivity index (χ4v) is 2.44. The molecule has 1 aromatic carbocycles. The lowest BCUT2D eigenvalue weighted by atomic mass is 9.85. The van der Waals surface area contributed by atoms with Crippen molar-refractivity contribution in [3.8, 4) is 5.69 Å². The summed E-state index contributed by atoms with van der Waals surface area (Å²) in [6.45, 7) is 5.58. The first-order chi connectivity index (χ1) is 11.3. The van der Waals surface area contributed by atoms with Gasteiger partial charge in [0, 0.05) is 17.9 Å². The Bertz CT molecular complexity index is 693. The van der Waals surface area contributed by atoms with E-state index in [9.17, 15) is 9.59 Å². The third-order valence-electron chi connectivity index (χ3n) is 4.29. The van der Waals surface area contributed by atoms with Crippen LogP contribution in [0, 0.1) is 5.92 Å². The van der Waals surface area contributed by atoms with Crippen molar-refractivity contribution in [1.29, 1.82) is 0 Å². The number of nitrogens with zero attached hydrogens (tertiary/aromatic N) is 2. The number of carboxylic acid groups (broad SMARTS) is 1. The van der Waals surface area contributed by atoms with Gasteiger partial charge < -0.3 is 10.4 Å². The molecule has 2 N–H and O–H groups in total.